The molecule has 0 bridgehead atoms. The number of H-pyrrole nitrogens is 1. The van der Waals surface area contributed by atoms with E-state index in [2.05, 4.69) is 71.2 Å². The van der Waals surface area contributed by atoms with E-state index in [0.29, 0.717) is 48.4 Å². The van der Waals surface area contributed by atoms with Crippen LogP contribution in [0.25, 0.3) is 32.7 Å². The summed E-state index contributed by atoms with van der Waals surface area (Å²) in [5.41, 5.74) is 12.7. The molecule has 0 saturated heterocycles. The lowest BCUT2D eigenvalue weighted by Crippen LogP contribution is -2.06. The number of aliphatic carboxylic acids is 1. The van der Waals surface area contributed by atoms with Crippen molar-refractivity contribution < 1.29 is 29.5 Å². The van der Waals surface area contributed by atoms with Gasteiger partial charge in [0.2, 0.25) is 9.23 Å². The summed E-state index contributed by atoms with van der Waals surface area (Å²) in [5, 5.41) is 19.4. The quantitative estimate of drug-likeness (QED) is 0.0567. The molecule has 0 spiro atoms. The summed E-state index contributed by atoms with van der Waals surface area (Å²) < 4.78 is 9.09. The smallest absolute Gasteiger partial charge is 0.337 e. The van der Waals surface area contributed by atoms with Crippen molar-refractivity contribution in [2.75, 3.05) is 11.5 Å². The third-order valence-electron chi connectivity index (χ3n) is 5.58. The van der Waals surface area contributed by atoms with Crippen LogP contribution >= 0.6 is 79.4 Å². The topological polar surface area (TPSA) is 359 Å². The predicted octanol–water partition coefficient (Wildman–Crippen LogP) is 6.69. The number of anilines is 2. The van der Waals surface area contributed by atoms with Crippen LogP contribution in [0.3, 0.4) is 0 Å². The molecule has 28 heteroatoms. The molecule has 7 heterocycles. The molecule has 7 aromatic heterocycles. The molecule has 0 fully saturated rings. The first-order chi connectivity index (χ1) is 25.9. The molecule has 7 aromatic rings. The van der Waals surface area contributed by atoms with Crippen LogP contribution in [-0.2, 0) is 14.0 Å². The maximum Gasteiger partial charge on any atom is 0.337 e. The normalized spacial score (nSPS) is 9.33. The molecule has 12 N–H and O–H groups in total. The number of hydrogen-bond acceptors (Lipinski definition) is 16. The zero-order valence-corrected chi connectivity index (χ0v) is 34.4. The highest BCUT2D eigenvalue weighted by Crippen LogP contribution is 2.21. The monoisotopic (exact) mass is 961 g/mol. The minimum Gasteiger partial charge on any atom is -0.481 e. The van der Waals surface area contributed by atoms with E-state index in [1.807, 2.05) is 0 Å². The number of halogens is 7. The van der Waals surface area contributed by atoms with Gasteiger partial charge in [-0.15, -0.1) is 0 Å². The molecule has 0 unspecified atom stereocenters. The van der Waals surface area contributed by atoms with Gasteiger partial charge in [0.15, 0.2) is 0 Å². The number of carbonyl (C=O) groups is 2. The van der Waals surface area contributed by atoms with Crippen molar-refractivity contribution in [2.24, 2.45) is 0 Å². The largest absolute Gasteiger partial charge is 0.481 e. The van der Waals surface area contributed by atoms with E-state index in [1.165, 1.54) is 43.5 Å². The van der Waals surface area contributed by atoms with E-state index < -0.39 is 21.2 Å². The van der Waals surface area contributed by atoms with Gasteiger partial charge < -0.3 is 38.3 Å². The fourth-order valence-electron chi connectivity index (χ4n) is 3.43. The standard InChI is InChI=1S/C7H3Cl2N3.C7H5ClN4.C7H4ClN3O.C6H5ClN2O2.C2H4O2.CH4.Cl2OS.H3N.H2O/c2*8-6-1-4-5(2-10-6)11-3-12-7(4)9;8-6-1-4-5(2-9-6)10-3-11-7(4)12;7-5-1-3(6(10)11)4(8)2-9-5;1-2(3)4;;1-4(2)3;;/h1-3H;1-3H,(H2,9,11,12);1-3H,(H,10,11,12);1-2H,8H2,(H,10,11);1H3,(H,3,4);1H4;;1H3;1H2. The average molecular weight is 965 g/mol. The highest BCUT2D eigenvalue weighted by atomic mass is 36.0. The number of carboxylic acid groups (broad SMARTS) is 2. The number of nitrogens with zero attached hydrogens (tertiary/aromatic N) is 9. The van der Waals surface area contributed by atoms with E-state index in [0.717, 1.165) is 17.7 Å². The van der Waals surface area contributed by atoms with Gasteiger partial charge in [0.05, 0.1) is 64.3 Å². The second-order valence-corrected chi connectivity index (χ2v) is 13.8. The zero-order chi connectivity index (χ0) is 41.2. The van der Waals surface area contributed by atoms with Gasteiger partial charge >= 0.3 is 5.97 Å². The Hall–Kier alpha value is -4.94. The Balaban J connectivity index is 0. The highest BCUT2D eigenvalue weighted by Gasteiger charge is 2.08. The Morgan fingerprint density at radius 2 is 1.07 bits per heavy atom. The summed E-state index contributed by atoms with van der Waals surface area (Å²) in [6.07, 6.45) is 9.92. The van der Waals surface area contributed by atoms with Gasteiger partial charge in [-0.3, -0.25) is 9.59 Å². The molecule has 58 heavy (non-hydrogen) atoms. The van der Waals surface area contributed by atoms with E-state index in [1.54, 1.807) is 24.5 Å². The first-order valence-corrected chi connectivity index (χ1v) is 18.6. The Bertz CT molecular complexity index is 2410. The van der Waals surface area contributed by atoms with Gasteiger partial charge in [-0.05, 0) is 24.3 Å². The van der Waals surface area contributed by atoms with E-state index in [-0.39, 0.29) is 41.0 Å². The Kier molecular flexibility index (Phi) is 26.3. The molecular formula is C30H30Cl7N13O7S. The second-order valence-electron chi connectivity index (χ2n) is 9.33. The summed E-state index contributed by atoms with van der Waals surface area (Å²) in [4.78, 5) is 67.6. The molecule has 312 valence electrons. The first kappa shape index (κ1) is 55.2. The Morgan fingerprint density at radius 1 is 0.672 bits per heavy atom. The number of aromatic carboxylic acids is 1. The number of rotatable bonds is 1. The molecule has 20 nitrogen and oxygen atoms in total. The number of nitrogens with one attached hydrogen (secondary N) is 1. The molecule has 0 aromatic carbocycles. The van der Waals surface area contributed by atoms with E-state index >= 15 is 0 Å². The maximum atomic E-state index is 11.1. The molecule has 0 amide bonds. The number of fused-ring (bicyclic) bond motifs is 3. The fraction of sp³-hybridized carbons (Fsp3) is 0.0667. The van der Waals surface area contributed by atoms with Crippen LogP contribution in [0, 0.1) is 0 Å². The number of hydrogen-bond donors (Lipinski definition) is 6. The fourth-order valence-corrected chi connectivity index (χ4v) is 4.25. The third kappa shape index (κ3) is 19.5. The minimum absolute atomic E-state index is 0. The maximum absolute atomic E-state index is 11.1. The van der Waals surface area contributed by atoms with Crippen LogP contribution in [0.2, 0.25) is 25.8 Å². The Morgan fingerprint density at radius 3 is 1.55 bits per heavy atom. The van der Waals surface area contributed by atoms with Crippen molar-refractivity contribution in [3.8, 4) is 0 Å². The van der Waals surface area contributed by atoms with Crippen LogP contribution in [-0.4, -0.2) is 81.7 Å². The summed E-state index contributed by atoms with van der Waals surface area (Å²) in [6.45, 7) is 1.08. The number of pyridine rings is 4. The number of aromatic nitrogens is 10. The lowest BCUT2D eigenvalue weighted by molar-refractivity contribution is -0.134. The van der Waals surface area contributed by atoms with Gasteiger partial charge in [-0.1, -0.05) is 65.4 Å². The van der Waals surface area contributed by atoms with Crippen molar-refractivity contribution in [3.05, 3.63) is 110 Å². The van der Waals surface area contributed by atoms with Crippen LogP contribution in [0.5, 0.6) is 0 Å². The third-order valence-corrected chi connectivity index (χ3v) is 6.71. The van der Waals surface area contributed by atoms with E-state index in [4.69, 9.17) is 88.7 Å². The average Bonchev–Trinajstić information content (AvgIpc) is 3.11. The number of aromatic amines is 1. The number of nitrogens with two attached hydrogens (primary N) is 2. The summed E-state index contributed by atoms with van der Waals surface area (Å²) >= 11 is 28.2. The molecular weight excluding hydrogens is 935 g/mol. The number of nitrogen functional groups attached to an aromatic ring is 2. The predicted molar refractivity (Wildman–Crippen MR) is 228 cm³/mol. The highest BCUT2D eigenvalue weighted by molar-refractivity contribution is 8.26. The minimum atomic E-state index is -1.67. The van der Waals surface area contributed by atoms with Crippen LogP contribution in [0.4, 0.5) is 11.5 Å². The summed E-state index contributed by atoms with van der Waals surface area (Å²) in [7, 11) is 7.36. The summed E-state index contributed by atoms with van der Waals surface area (Å²) in [5.74, 6) is -1.52. The molecule has 0 saturated carbocycles. The molecule has 0 aliphatic heterocycles. The lowest BCUT2D eigenvalue weighted by Gasteiger charge is -1.98. The number of carboxylic acids is 2. The molecule has 0 aliphatic carbocycles. The van der Waals surface area contributed by atoms with Crippen molar-refractivity contribution in [3.63, 3.8) is 0 Å². The van der Waals surface area contributed by atoms with Crippen LogP contribution < -0.4 is 23.2 Å². The molecule has 0 radical (unpaired) electrons. The van der Waals surface area contributed by atoms with Crippen molar-refractivity contribution in [2.45, 2.75) is 14.4 Å². The molecule has 7 rings (SSSR count). The zero-order valence-electron chi connectivity index (χ0n) is 28.3. The first-order valence-electron chi connectivity index (χ1n) is 13.9. The van der Waals surface area contributed by atoms with Crippen LogP contribution in [0.1, 0.15) is 24.7 Å². The molecule has 0 atom stereocenters. The summed E-state index contributed by atoms with van der Waals surface area (Å²) in [6, 6.07) is 5.98. The van der Waals surface area contributed by atoms with Crippen molar-refractivity contribution in [1.82, 2.24) is 56.0 Å². The SMILES string of the molecule is C.CC(=O)O.Clc1cc2c(Cl)ncnc2cn1.N.Nc1cnc(Cl)cc1C(=O)O.Nc1ncnc2cnc(Cl)cc12.O.O=S(Cl)Cl.O=c1[nH]cnc2cnc(Cl)cc12. The van der Waals surface area contributed by atoms with Gasteiger partial charge in [-0.2, -0.15) is 0 Å². The van der Waals surface area contributed by atoms with Gasteiger partial charge in [-0.25, -0.2) is 53.9 Å². The van der Waals surface area contributed by atoms with Crippen molar-refractivity contribution >= 4 is 145 Å². The van der Waals surface area contributed by atoms with Gasteiger partial charge in [0.25, 0.3) is 11.5 Å². The van der Waals surface area contributed by atoms with Crippen molar-refractivity contribution in [1.29, 1.82) is 0 Å². The molecule has 0 aliphatic rings. The Labute approximate surface area is 363 Å². The van der Waals surface area contributed by atoms with Gasteiger partial charge in [0.1, 0.15) is 44.2 Å². The second kappa shape index (κ2) is 27.7. The van der Waals surface area contributed by atoms with E-state index in [9.17, 15) is 9.59 Å². The lowest BCUT2D eigenvalue weighted by atomic mass is 10.2. The van der Waals surface area contributed by atoms with Crippen LogP contribution in [0.15, 0.2) is 72.8 Å². The van der Waals surface area contributed by atoms with Gasteiger partial charge in [0, 0.05) is 39.1 Å².